The molecule has 2 heteroatoms. The van der Waals surface area contributed by atoms with Gasteiger partial charge in [0.15, 0.2) is 0 Å². The van der Waals surface area contributed by atoms with Crippen molar-refractivity contribution >= 4 is 11.6 Å². The summed E-state index contributed by atoms with van der Waals surface area (Å²) in [7, 11) is 0. The summed E-state index contributed by atoms with van der Waals surface area (Å²) in [5.74, 6) is 0.662. The third-order valence-corrected chi connectivity index (χ3v) is 5.27. The third kappa shape index (κ3) is 0.843. The van der Waals surface area contributed by atoms with Gasteiger partial charge in [-0.05, 0) is 30.6 Å². The maximum absolute atomic E-state index is 9.35. The molecule has 0 unspecified atom stereocenters. The molecule has 0 aliphatic heterocycles. The van der Waals surface area contributed by atoms with Crippen LogP contribution < -0.4 is 0 Å². The van der Waals surface area contributed by atoms with Crippen LogP contribution in [0.5, 0.6) is 0 Å². The summed E-state index contributed by atoms with van der Waals surface area (Å²) in [6, 6.07) is 0. The first-order chi connectivity index (χ1) is 5.53. The molecule has 2 bridgehead atoms. The van der Waals surface area contributed by atoms with Crippen LogP contribution in [0.2, 0.25) is 0 Å². The second-order valence-electron chi connectivity index (χ2n) is 5.12. The summed E-state index contributed by atoms with van der Waals surface area (Å²) in [6.07, 6.45) is 3.73. The van der Waals surface area contributed by atoms with Crippen LogP contribution in [0.4, 0.5) is 0 Å². The number of hydrogen-bond acceptors (Lipinski definition) is 1. The largest absolute Gasteiger partial charge is 0.396 e. The van der Waals surface area contributed by atoms with Crippen molar-refractivity contribution in [2.75, 3.05) is 6.61 Å². The van der Waals surface area contributed by atoms with E-state index in [2.05, 4.69) is 13.8 Å². The maximum Gasteiger partial charge on any atom is 0.0501 e. The fraction of sp³-hybridized carbons (Fsp3) is 1.00. The average molecular weight is 189 g/mol. The van der Waals surface area contributed by atoms with Crippen LogP contribution in [0.25, 0.3) is 0 Å². The van der Waals surface area contributed by atoms with E-state index in [0.29, 0.717) is 11.3 Å². The second-order valence-corrected chi connectivity index (χ2v) is 5.56. The Morgan fingerprint density at radius 1 is 1.50 bits per heavy atom. The quantitative estimate of drug-likeness (QED) is 0.627. The van der Waals surface area contributed by atoms with Gasteiger partial charge in [-0.2, -0.15) is 0 Å². The van der Waals surface area contributed by atoms with Crippen LogP contribution in [0.15, 0.2) is 0 Å². The molecule has 12 heavy (non-hydrogen) atoms. The van der Waals surface area contributed by atoms with E-state index >= 15 is 0 Å². The molecule has 0 amide bonds. The predicted molar refractivity (Wildman–Crippen MR) is 50.3 cm³/mol. The van der Waals surface area contributed by atoms with Crippen LogP contribution in [0, 0.1) is 16.7 Å². The minimum atomic E-state index is -0.00540. The van der Waals surface area contributed by atoms with Crippen molar-refractivity contribution < 1.29 is 5.11 Å². The first kappa shape index (κ1) is 8.83. The van der Waals surface area contributed by atoms with Gasteiger partial charge < -0.3 is 5.11 Å². The summed E-state index contributed by atoms with van der Waals surface area (Å²) in [4.78, 5) is 0. The molecule has 0 radical (unpaired) electrons. The van der Waals surface area contributed by atoms with Crippen LogP contribution in [-0.4, -0.2) is 17.1 Å². The van der Waals surface area contributed by atoms with Crippen LogP contribution >= 0.6 is 11.6 Å². The summed E-state index contributed by atoms with van der Waals surface area (Å²) in [5.41, 5.74) is 0.304. The first-order valence-electron chi connectivity index (χ1n) is 4.78. The Balaban J connectivity index is 2.31. The molecule has 2 aliphatic rings. The van der Waals surface area contributed by atoms with Crippen molar-refractivity contribution in [2.24, 2.45) is 16.7 Å². The molecule has 0 aromatic rings. The van der Waals surface area contributed by atoms with Gasteiger partial charge >= 0.3 is 0 Å². The molecule has 4 atom stereocenters. The van der Waals surface area contributed by atoms with Crippen molar-refractivity contribution in [2.45, 2.75) is 38.5 Å². The summed E-state index contributed by atoms with van der Waals surface area (Å²) >= 11 is 6.40. The molecule has 2 rings (SSSR count). The Morgan fingerprint density at radius 2 is 2.17 bits per heavy atom. The van der Waals surface area contributed by atoms with Crippen molar-refractivity contribution in [3.05, 3.63) is 0 Å². The van der Waals surface area contributed by atoms with Crippen molar-refractivity contribution in [3.63, 3.8) is 0 Å². The third-order valence-electron chi connectivity index (χ3n) is 4.24. The Bertz CT molecular complexity index is 206. The predicted octanol–water partition coefficient (Wildman–Crippen LogP) is 2.41. The molecule has 2 saturated carbocycles. The van der Waals surface area contributed by atoms with E-state index in [1.807, 2.05) is 0 Å². The van der Waals surface area contributed by atoms with Gasteiger partial charge in [0.25, 0.3) is 0 Å². The number of alkyl halides is 1. The number of aliphatic hydroxyl groups excluding tert-OH is 1. The highest BCUT2D eigenvalue weighted by atomic mass is 35.5. The molecule has 2 aliphatic carbocycles. The van der Waals surface area contributed by atoms with E-state index < -0.39 is 0 Å². The number of aliphatic hydroxyl groups is 1. The zero-order chi connectivity index (χ0) is 8.98. The summed E-state index contributed by atoms with van der Waals surface area (Å²) in [5, 5.41) is 9.52. The zero-order valence-electron chi connectivity index (χ0n) is 7.81. The molecular formula is C10H17ClO. The SMILES string of the molecule is C[C@@]12CC[C@@H](C1)[C@](C)(CO)[C@@H]2Cl. The van der Waals surface area contributed by atoms with Gasteiger partial charge in [-0.3, -0.25) is 0 Å². The minimum absolute atomic E-state index is 0.00540. The van der Waals surface area contributed by atoms with E-state index in [4.69, 9.17) is 11.6 Å². The van der Waals surface area contributed by atoms with E-state index in [1.165, 1.54) is 19.3 Å². The van der Waals surface area contributed by atoms with Gasteiger partial charge in [0.1, 0.15) is 0 Å². The lowest BCUT2D eigenvalue weighted by Crippen LogP contribution is -2.41. The Hall–Kier alpha value is 0.250. The molecule has 0 saturated heterocycles. The highest BCUT2D eigenvalue weighted by molar-refractivity contribution is 6.22. The van der Waals surface area contributed by atoms with Gasteiger partial charge in [-0.15, -0.1) is 11.6 Å². The lowest BCUT2D eigenvalue weighted by atomic mass is 9.71. The molecule has 0 aromatic heterocycles. The van der Waals surface area contributed by atoms with Gasteiger partial charge in [0.2, 0.25) is 0 Å². The van der Waals surface area contributed by atoms with Crippen molar-refractivity contribution in [3.8, 4) is 0 Å². The molecule has 0 spiro atoms. The van der Waals surface area contributed by atoms with E-state index in [0.717, 1.165) is 0 Å². The molecule has 1 N–H and O–H groups in total. The topological polar surface area (TPSA) is 20.2 Å². The summed E-state index contributed by atoms with van der Waals surface area (Å²) < 4.78 is 0. The van der Waals surface area contributed by atoms with Crippen molar-refractivity contribution in [1.29, 1.82) is 0 Å². The Kier molecular flexibility index (Phi) is 1.76. The number of hydrogen-bond donors (Lipinski definition) is 1. The minimum Gasteiger partial charge on any atom is -0.396 e. The average Bonchev–Trinajstić information content (AvgIpc) is 2.52. The van der Waals surface area contributed by atoms with Gasteiger partial charge in [0, 0.05) is 10.8 Å². The normalized spacial score (nSPS) is 58.0. The Labute approximate surface area is 79.1 Å². The van der Waals surface area contributed by atoms with E-state index in [1.54, 1.807) is 0 Å². The highest BCUT2D eigenvalue weighted by Crippen LogP contribution is 2.64. The molecule has 0 aromatic carbocycles. The molecule has 1 nitrogen and oxygen atoms in total. The number of halogens is 1. The fourth-order valence-electron chi connectivity index (χ4n) is 3.28. The smallest absolute Gasteiger partial charge is 0.0501 e. The van der Waals surface area contributed by atoms with Crippen LogP contribution in [-0.2, 0) is 0 Å². The highest BCUT2D eigenvalue weighted by Gasteiger charge is 2.60. The van der Waals surface area contributed by atoms with Crippen molar-refractivity contribution in [1.82, 2.24) is 0 Å². The van der Waals surface area contributed by atoms with E-state index in [-0.39, 0.29) is 17.4 Å². The van der Waals surface area contributed by atoms with Gasteiger partial charge in [-0.1, -0.05) is 13.8 Å². The van der Waals surface area contributed by atoms with Crippen LogP contribution in [0.1, 0.15) is 33.1 Å². The lowest BCUT2D eigenvalue weighted by molar-refractivity contribution is 0.0755. The molecule has 2 fully saturated rings. The standard InChI is InChI=1S/C10H17ClO/c1-9-4-3-7(5-9)10(2,6-12)8(9)11/h7-8,12H,3-6H2,1-2H3/t7-,8+,9+,10-/m0/s1. The number of rotatable bonds is 1. The van der Waals surface area contributed by atoms with E-state index in [9.17, 15) is 5.11 Å². The molecule has 0 heterocycles. The van der Waals surface area contributed by atoms with Gasteiger partial charge in [0.05, 0.1) is 6.61 Å². The maximum atomic E-state index is 9.35. The fourth-order valence-corrected chi connectivity index (χ4v) is 3.72. The Morgan fingerprint density at radius 3 is 2.50 bits per heavy atom. The van der Waals surface area contributed by atoms with Gasteiger partial charge in [-0.25, -0.2) is 0 Å². The summed E-state index contributed by atoms with van der Waals surface area (Å²) in [6.45, 7) is 4.66. The molecular weight excluding hydrogens is 172 g/mol. The lowest BCUT2D eigenvalue weighted by Gasteiger charge is -2.40. The van der Waals surface area contributed by atoms with Crippen LogP contribution in [0.3, 0.4) is 0 Å². The monoisotopic (exact) mass is 188 g/mol. The first-order valence-corrected chi connectivity index (χ1v) is 5.21. The zero-order valence-corrected chi connectivity index (χ0v) is 8.56. The second kappa shape index (κ2) is 2.39. The number of fused-ring (bicyclic) bond motifs is 2. The molecule has 70 valence electrons.